The number of carbonyl (C=O) groups is 3. The Bertz CT molecular complexity index is 1510. The van der Waals surface area contributed by atoms with Gasteiger partial charge in [0.05, 0.1) is 5.56 Å². The van der Waals surface area contributed by atoms with Crippen molar-refractivity contribution in [2.75, 3.05) is 19.6 Å². The lowest BCUT2D eigenvalue weighted by Gasteiger charge is -2.19. The van der Waals surface area contributed by atoms with Crippen molar-refractivity contribution < 1.29 is 14.4 Å². The van der Waals surface area contributed by atoms with Crippen molar-refractivity contribution in [2.45, 2.75) is 33.7 Å². The standard InChI is InChI=1S/C28H30N4O4/c1-4-31(5-2)25(33)17-32-16-22(21-8-6-7-9-24(21)32)26(34)28(36)29-13-12-20-15-19-11-10-18(3)14-23(19)30-27(20)35/h6-11,14-16H,4-5,12-13,17H2,1-3H3,(H,29,36)(H,30,35). The van der Waals surface area contributed by atoms with Crippen LogP contribution in [-0.2, 0) is 22.6 Å². The number of aryl methyl sites for hydroxylation is 1. The SMILES string of the molecule is CCN(CC)C(=O)Cn1cc(C(=O)C(=O)NCCc2cc3ccc(C)cc3[nH]c2=O)c2ccccc21. The van der Waals surface area contributed by atoms with Gasteiger partial charge in [0.2, 0.25) is 5.91 Å². The minimum atomic E-state index is -0.749. The summed E-state index contributed by atoms with van der Waals surface area (Å²) in [6.45, 7) is 7.22. The fraction of sp³-hybridized carbons (Fsp3) is 0.286. The summed E-state index contributed by atoms with van der Waals surface area (Å²) in [4.78, 5) is 55.4. The monoisotopic (exact) mass is 486 g/mol. The Balaban J connectivity index is 1.48. The van der Waals surface area contributed by atoms with Gasteiger partial charge in [-0.2, -0.15) is 0 Å². The molecule has 8 heteroatoms. The van der Waals surface area contributed by atoms with Gasteiger partial charge in [-0.05, 0) is 56.3 Å². The van der Waals surface area contributed by atoms with Gasteiger partial charge in [0.15, 0.2) is 0 Å². The van der Waals surface area contributed by atoms with Gasteiger partial charge in [0, 0.05) is 47.8 Å². The zero-order valence-corrected chi connectivity index (χ0v) is 20.8. The molecule has 2 heterocycles. The Hall–Kier alpha value is -4.20. The largest absolute Gasteiger partial charge is 0.349 e. The van der Waals surface area contributed by atoms with Crippen LogP contribution in [0.15, 0.2) is 59.5 Å². The highest BCUT2D eigenvalue weighted by Gasteiger charge is 2.22. The first-order valence-electron chi connectivity index (χ1n) is 12.1. The molecule has 2 aromatic heterocycles. The summed E-state index contributed by atoms with van der Waals surface area (Å²) >= 11 is 0. The fourth-order valence-corrected chi connectivity index (χ4v) is 4.44. The number of H-pyrrole nitrogens is 1. The lowest BCUT2D eigenvalue weighted by atomic mass is 10.1. The number of Topliss-reactive ketones (excluding diaryl/α,β-unsaturated/α-hetero) is 1. The number of nitrogens with one attached hydrogen (secondary N) is 2. The number of pyridine rings is 1. The van der Waals surface area contributed by atoms with E-state index in [9.17, 15) is 19.2 Å². The molecule has 2 N–H and O–H groups in total. The second kappa shape index (κ2) is 10.6. The number of carbonyl (C=O) groups excluding carboxylic acids is 3. The lowest BCUT2D eigenvalue weighted by Crippen LogP contribution is -2.34. The second-order valence-electron chi connectivity index (χ2n) is 8.80. The molecule has 2 amide bonds. The molecular weight excluding hydrogens is 456 g/mol. The molecular formula is C28H30N4O4. The molecule has 0 fully saturated rings. The molecule has 0 spiro atoms. The van der Waals surface area contributed by atoms with Crippen molar-refractivity contribution in [1.29, 1.82) is 0 Å². The van der Waals surface area contributed by atoms with E-state index in [2.05, 4.69) is 10.3 Å². The van der Waals surface area contributed by atoms with Crippen molar-refractivity contribution >= 4 is 39.4 Å². The number of aromatic amines is 1. The summed E-state index contributed by atoms with van der Waals surface area (Å²) in [6, 6.07) is 14.8. The maximum atomic E-state index is 13.0. The molecule has 2 aromatic carbocycles. The van der Waals surface area contributed by atoms with Crippen LogP contribution >= 0.6 is 0 Å². The lowest BCUT2D eigenvalue weighted by molar-refractivity contribution is -0.131. The van der Waals surface area contributed by atoms with Crippen LogP contribution in [0, 0.1) is 6.92 Å². The first-order chi connectivity index (χ1) is 17.3. The van der Waals surface area contributed by atoms with Crippen LogP contribution in [0.2, 0.25) is 0 Å². The molecule has 36 heavy (non-hydrogen) atoms. The molecule has 0 atom stereocenters. The number of amides is 2. The molecule has 0 radical (unpaired) electrons. The Morgan fingerprint density at radius 2 is 1.78 bits per heavy atom. The highest BCUT2D eigenvalue weighted by atomic mass is 16.2. The molecule has 8 nitrogen and oxygen atoms in total. The normalized spacial score (nSPS) is 11.1. The maximum Gasteiger partial charge on any atom is 0.292 e. The minimum Gasteiger partial charge on any atom is -0.349 e. The predicted octanol–water partition coefficient (Wildman–Crippen LogP) is 3.20. The molecule has 0 bridgehead atoms. The highest BCUT2D eigenvalue weighted by Crippen LogP contribution is 2.22. The third kappa shape index (κ3) is 5.07. The average molecular weight is 487 g/mol. The highest BCUT2D eigenvalue weighted by molar-refractivity contribution is 6.45. The number of ketones is 1. The molecule has 4 rings (SSSR count). The van der Waals surface area contributed by atoms with E-state index in [4.69, 9.17) is 0 Å². The topological polar surface area (TPSA) is 104 Å². The maximum absolute atomic E-state index is 13.0. The molecule has 0 saturated carbocycles. The number of fused-ring (bicyclic) bond motifs is 2. The van der Waals surface area contributed by atoms with E-state index >= 15 is 0 Å². The molecule has 0 unspecified atom stereocenters. The molecule has 0 aliphatic rings. The van der Waals surface area contributed by atoms with Crippen LogP contribution in [0.1, 0.15) is 35.3 Å². The Labute approximate surface area is 208 Å². The van der Waals surface area contributed by atoms with Crippen LogP contribution in [-0.4, -0.2) is 51.7 Å². The van der Waals surface area contributed by atoms with Crippen molar-refractivity contribution in [1.82, 2.24) is 19.8 Å². The Morgan fingerprint density at radius 1 is 1.03 bits per heavy atom. The number of hydrogen-bond acceptors (Lipinski definition) is 4. The van der Waals surface area contributed by atoms with E-state index < -0.39 is 11.7 Å². The molecule has 0 saturated heterocycles. The number of para-hydroxylation sites is 1. The van der Waals surface area contributed by atoms with E-state index in [1.165, 1.54) is 0 Å². The molecule has 186 valence electrons. The van der Waals surface area contributed by atoms with Crippen LogP contribution in [0.25, 0.3) is 21.8 Å². The van der Waals surface area contributed by atoms with E-state index in [-0.39, 0.29) is 36.5 Å². The van der Waals surface area contributed by atoms with E-state index in [1.54, 1.807) is 27.8 Å². The fourth-order valence-electron chi connectivity index (χ4n) is 4.44. The van der Waals surface area contributed by atoms with E-state index in [1.807, 2.05) is 57.2 Å². The zero-order chi connectivity index (χ0) is 25.8. The third-order valence-corrected chi connectivity index (χ3v) is 6.42. The van der Waals surface area contributed by atoms with Gasteiger partial charge in [-0.1, -0.05) is 30.3 Å². The van der Waals surface area contributed by atoms with Gasteiger partial charge in [0.25, 0.3) is 17.2 Å². The summed E-state index contributed by atoms with van der Waals surface area (Å²) in [7, 11) is 0. The smallest absolute Gasteiger partial charge is 0.292 e. The molecule has 0 aliphatic heterocycles. The quantitative estimate of drug-likeness (QED) is 0.280. The van der Waals surface area contributed by atoms with Gasteiger partial charge in [-0.25, -0.2) is 0 Å². The first kappa shape index (κ1) is 24.9. The number of rotatable bonds is 9. The predicted molar refractivity (Wildman–Crippen MR) is 140 cm³/mol. The van der Waals surface area contributed by atoms with Gasteiger partial charge in [0.1, 0.15) is 6.54 Å². The summed E-state index contributed by atoms with van der Waals surface area (Å²) < 4.78 is 1.72. The van der Waals surface area contributed by atoms with Crippen LogP contribution in [0.3, 0.4) is 0 Å². The number of hydrogen-bond donors (Lipinski definition) is 2. The van der Waals surface area contributed by atoms with Gasteiger partial charge >= 0.3 is 0 Å². The van der Waals surface area contributed by atoms with Crippen LogP contribution in [0.4, 0.5) is 0 Å². The summed E-state index contributed by atoms with van der Waals surface area (Å²) in [5.74, 6) is -1.48. The third-order valence-electron chi connectivity index (χ3n) is 6.42. The zero-order valence-electron chi connectivity index (χ0n) is 20.8. The summed E-state index contributed by atoms with van der Waals surface area (Å²) in [5, 5.41) is 4.16. The van der Waals surface area contributed by atoms with Crippen LogP contribution in [0.5, 0.6) is 0 Å². The summed E-state index contributed by atoms with van der Waals surface area (Å²) in [5.41, 5.74) is 3.09. The van der Waals surface area contributed by atoms with Gasteiger partial charge < -0.3 is 19.8 Å². The van der Waals surface area contributed by atoms with Crippen molar-refractivity contribution in [3.63, 3.8) is 0 Å². The van der Waals surface area contributed by atoms with Crippen molar-refractivity contribution in [3.8, 4) is 0 Å². The van der Waals surface area contributed by atoms with Crippen LogP contribution < -0.4 is 10.9 Å². The van der Waals surface area contributed by atoms with Gasteiger partial charge in [-0.15, -0.1) is 0 Å². The minimum absolute atomic E-state index is 0.0556. The number of likely N-dealkylation sites (N-methyl/N-ethyl adjacent to an activating group) is 1. The van der Waals surface area contributed by atoms with Gasteiger partial charge in [-0.3, -0.25) is 19.2 Å². The Kier molecular flexibility index (Phi) is 7.33. The van der Waals surface area contributed by atoms with Crippen molar-refractivity contribution in [3.05, 3.63) is 81.8 Å². The first-order valence-corrected chi connectivity index (χ1v) is 12.1. The number of nitrogens with zero attached hydrogens (tertiary/aromatic N) is 2. The van der Waals surface area contributed by atoms with E-state index in [0.717, 1.165) is 16.5 Å². The second-order valence-corrected chi connectivity index (χ2v) is 8.80. The molecule has 4 aromatic rings. The van der Waals surface area contributed by atoms with Crippen molar-refractivity contribution in [2.24, 2.45) is 0 Å². The Morgan fingerprint density at radius 3 is 2.53 bits per heavy atom. The number of aromatic nitrogens is 2. The number of benzene rings is 2. The van der Waals surface area contributed by atoms with E-state index in [0.29, 0.717) is 29.6 Å². The molecule has 0 aliphatic carbocycles. The summed E-state index contributed by atoms with van der Waals surface area (Å²) in [6.07, 6.45) is 1.86. The average Bonchev–Trinajstić information content (AvgIpc) is 3.23.